The van der Waals surface area contributed by atoms with Gasteiger partial charge in [-0.25, -0.2) is 4.79 Å². The Morgan fingerprint density at radius 3 is 2.43 bits per heavy atom. The Labute approximate surface area is 83.6 Å². The van der Waals surface area contributed by atoms with Gasteiger partial charge < -0.3 is 19.3 Å². The Kier molecular flexibility index (Phi) is 2.88. The third-order valence-electron chi connectivity index (χ3n) is 2.64. The summed E-state index contributed by atoms with van der Waals surface area (Å²) in [5, 5.41) is 0. The number of ether oxygens (including phenoxy) is 2. The lowest BCUT2D eigenvalue weighted by Crippen LogP contribution is -2.49. The minimum absolute atomic E-state index is 0.0119. The first-order valence-electron chi connectivity index (χ1n) is 4.97. The highest BCUT2D eigenvalue weighted by molar-refractivity contribution is 5.68. The molecule has 0 aliphatic carbocycles. The molecule has 2 rings (SSSR count). The van der Waals surface area contributed by atoms with E-state index in [2.05, 4.69) is 11.9 Å². The molecule has 5 heteroatoms. The number of rotatable bonds is 1. The number of carbonyl (C=O) groups excluding carboxylic acids is 1. The molecular weight excluding hydrogens is 184 g/mol. The van der Waals surface area contributed by atoms with E-state index in [1.807, 2.05) is 0 Å². The normalized spacial score (nSPS) is 24.5. The molecule has 0 radical (unpaired) electrons. The molecule has 0 aromatic rings. The summed E-state index contributed by atoms with van der Waals surface area (Å²) in [5.74, 6) is 0. The van der Waals surface area contributed by atoms with Crippen molar-refractivity contribution in [1.29, 1.82) is 0 Å². The first-order valence-corrected chi connectivity index (χ1v) is 4.97. The Balaban J connectivity index is 1.74. The fraction of sp³-hybridized carbons (Fsp3) is 0.889. The van der Waals surface area contributed by atoms with E-state index < -0.39 is 0 Å². The van der Waals surface area contributed by atoms with Crippen molar-refractivity contribution in [3.63, 3.8) is 0 Å². The summed E-state index contributed by atoms with van der Waals surface area (Å²) in [7, 11) is 2.06. The second-order valence-electron chi connectivity index (χ2n) is 3.83. The summed E-state index contributed by atoms with van der Waals surface area (Å²) in [5.41, 5.74) is 0. The molecule has 0 aromatic heterocycles. The third kappa shape index (κ3) is 2.16. The Bertz CT molecular complexity index is 210. The number of nitrogens with zero attached hydrogens (tertiary/aromatic N) is 2. The number of likely N-dealkylation sites (N-methyl/N-ethyl adjacent to an activating group) is 1. The highest BCUT2D eigenvalue weighted by Gasteiger charge is 2.27. The van der Waals surface area contributed by atoms with E-state index in [4.69, 9.17) is 9.47 Å². The molecule has 14 heavy (non-hydrogen) atoms. The first kappa shape index (κ1) is 9.73. The van der Waals surface area contributed by atoms with Gasteiger partial charge >= 0.3 is 6.09 Å². The number of carbonyl (C=O) groups is 1. The minimum atomic E-state index is -0.189. The van der Waals surface area contributed by atoms with Crippen LogP contribution >= 0.6 is 0 Å². The zero-order valence-electron chi connectivity index (χ0n) is 8.44. The molecule has 2 aliphatic rings. The maximum absolute atomic E-state index is 11.5. The Morgan fingerprint density at radius 2 is 1.93 bits per heavy atom. The fourth-order valence-corrected chi connectivity index (χ4v) is 1.49. The van der Waals surface area contributed by atoms with Crippen molar-refractivity contribution in [1.82, 2.24) is 9.80 Å². The van der Waals surface area contributed by atoms with E-state index in [0.29, 0.717) is 13.2 Å². The van der Waals surface area contributed by atoms with Crippen molar-refractivity contribution in [3.05, 3.63) is 0 Å². The number of hydrogen-bond donors (Lipinski definition) is 0. The molecule has 2 fully saturated rings. The molecule has 2 saturated heterocycles. The lowest BCUT2D eigenvalue weighted by atomic mass is 10.3. The average Bonchev–Trinajstić information content (AvgIpc) is 2.12. The van der Waals surface area contributed by atoms with Gasteiger partial charge in [0.1, 0.15) is 0 Å². The molecule has 80 valence electrons. The highest BCUT2D eigenvalue weighted by Crippen LogP contribution is 2.09. The molecule has 2 heterocycles. The summed E-state index contributed by atoms with van der Waals surface area (Å²) in [6.07, 6.45) is -0.200. The number of hydrogen-bond acceptors (Lipinski definition) is 4. The molecule has 1 amide bonds. The molecule has 5 nitrogen and oxygen atoms in total. The van der Waals surface area contributed by atoms with Gasteiger partial charge in [-0.2, -0.15) is 0 Å². The van der Waals surface area contributed by atoms with Crippen molar-refractivity contribution in [2.75, 3.05) is 46.4 Å². The molecule has 2 aliphatic heterocycles. The SMILES string of the molecule is CN1CCN(C(=O)OC2COC2)CC1. The van der Waals surface area contributed by atoms with Gasteiger partial charge in [-0.05, 0) is 7.05 Å². The third-order valence-corrected chi connectivity index (χ3v) is 2.64. The predicted octanol–water partition coefficient (Wildman–Crippen LogP) is -0.231. The first-order chi connectivity index (χ1) is 6.75. The molecule has 0 saturated carbocycles. The second-order valence-corrected chi connectivity index (χ2v) is 3.83. The van der Waals surface area contributed by atoms with Crippen molar-refractivity contribution in [3.8, 4) is 0 Å². The standard InChI is InChI=1S/C9H16N2O3/c1-10-2-4-11(5-3-10)9(12)14-8-6-13-7-8/h8H,2-7H2,1H3. The summed E-state index contributed by atoms with van der Waals surface area (Å²) in [6.45, 7) is 4.50. The van der Waals surface area contributed by atoms with Crippen molar-refractivity contribution in [2.24, 2.45) is 0 Å². The molecule has 0 N–H and O–H groups in total. The lowest BCUT2D eigenvalue weighted by molar-refractivity contribution is -0.105. The Morgan fingerprint density at radius 1 is 1.29 bits per heavy atom. The van der Waals surface area contributed by atoms with Crippen molar-refractivity contribution >= 4 is 6.09 Å². The van der Waals surface area contributed by atoms with Gasteiger partial charge in [0, 0.05) is 26.2 Å². The van der Waals surface area contributed by atoms with E-state index in [1.54, 1.807) is 4.90 Å². The molecule has 0 spiro atoms. The molecule has 0 unspecified atom stereocenters. The van der Waals surface area contributed by atoms with Gasteiger partial charge in [0.15, 0.2) is 6.10 Å². The van der Waals surface area contributed by atoms with Crippen LogP contribution < -0.4 is 0 Å². The Hall–Kier alpha value is -0.810. The van der Waals surface area contributed by atoms with Gasteiger partial charge in [0.25, 0.3) is 0 Å². The van der Waals surface area contributed by atoms with Crippen LogP contribution in [0.3, 0.4) is 0 Å². The van der Waals surface area contributed by atoms with Gasteiger partial charge in [-0.15, -0.1) is 0 Å². The van der Waals surface area contributed by atoms with Crippen LogP contribution in [0.5, 0.6) is 0 Å². The second kappa shape index (κ2) is 4.14. The quantitative estimate of drug-likeness (QED) is 0.586. The molecule has 0 atom stereocenters. The van der Waals surface area contributed by atoms with Crippen LogP contribution in [0.4, 0.5) is 4.79 Å². The van der Waals surface area contributed by atoms with Crippen LogP contribution in [0.2, 0.25) is 0 Å². The van der Waals surface area contributed by atoms with Gasteiger partial charge in [0.2, 0.25) is 0 Å². The topological polar surface area (TPSA) is 42.0 Å². The van der Waals surface area contributed by atoms with Crippen LogP contribution in [0.25, 0.3) is 0 Å². The highest BCUT2D eigenvalue weighted by atomic mass is 16.6. The lowest BCUT2D eigenvalue weighted by Gasteiger charge is -2.34. The predicted molar refractivity (Wildman–Crippen MR) is 50.2 cm³/mol. The summed E-state index contributed by atoms with van der Waals surface area (Å²) in [4.78, 5) is 15.5. The smallest absolute Gasteiger partial charge is 0.410 e. The maximum Gasteiger partial charge on any atom is 0.410 e. The van der Waals surface area contributed by atoms with E-state index in [1.165, 1.54) is 0 Å². The zero-order chi connectivity index (χ0) is 9.97. The minimum Gasteiger partial charge on any atom is -0.441 e. The van der Waals surface area contributed by atoms with Crippen LogP contribution in [0.15, 0.2) is 0 Å². The van der Waals surface area contributed by atoms with Crippen LogP contribution in [-0.4, -0.2) is 68.4 Å². The maximum atomic E-state index is 11.5. The number of amides is 1. The van der Waals surface area contributed by atoms with Crippen LogP contribution in [0.1, 0.15) is 0 Å². The molecule has 0 aromatic carbocycles. The van der Waals surface area contributed by atoms with Gasteiger partial charge in [0.05, 0.1) is 13.2 Å². The van der Waals surface area contributed by atoms with Gasteiger partial charge in [-0.3, -0.25) is 0 Å². The summed E-state index contributed by atoms with van der Waals surface area (Å²) in [6, 6.07) is 0. The zero-order valence-corrected chi connectivity index (χ0v) is 8.44. The van der Waals surface area contributed by atoms with Crippen molar-refractivity contribution < 1.29 is 14.3 Å². The van der Waals surface area contributed by atoms with Gasteiger partial charge in [-0.1, -0.05) is 0 Å². The van der Waals surface area contributed by atoms with Crippen LogP contribution in [-0.2, 0) is 9.47 Å². The van der Waals surface area contributed by atoms with Crippen LogP contribution in [0, 0.1) is 0 Å². The van der Waals surface area contributed by atoms with Crippen molar-refractivity contribution in [2.45, 2.75) is 6.10 Å². The van der Waals surface area contributed by atoms with E-state index in [0.717, 1.165) is 26.2 Å². The van der Waals surface area contributed by atoms with E-state index in [-0.39, 0.29) is 12.2 Å². The van der Waals surface area contributed by atoms with E-state index >= 15 is 0 Å². The van der Waals surface area contributed by atoms with E-state index in [9.17, 15) is 4.79 Å². The summed E-state index contributed by atoms with van der Waals surface area (Å²) >= 11 is 0. The largest absolute Gasteiger partial charge is 0.441 e. The molecule has 0 bridgehead atoms. The molecular formula is C9H16N2O3. The number of piperazine rings is 1. The monoisotopic (exact) mass is 200 g/mol. The summed E-state index contributed by atoms with van der Waals surface area (Å²) < 4.78 is 10.1. The average molecular weight is 200 g/mol. The fourth-order valence-electron chi connectivity index (χ4n) is 1.49.